The van der Waals surface area contributed by atoms with E-state index in [4.69, 9.17) is 42.1 Å². The predicted molar refractivity (Wildman–Crippen MR) is 172 cm³/mol. The number of hydrogen-bond acceptors (Lipinski definition) is 11. The summed E-state index contributed by atoms with van der Waals surface area (Å²) in [4.78, 5) is 23.2. The van der Waals surface area contributed by atoms with Gasteiger partial charge in [0.25, 0.3) is 0 Å². The third kappa shape index (κ3) is 12.5. The van der Waals surface area contributed by atoms with Crippen molar-refractivity contribution in [2.75, 3.05) is 96.4 Å². The number of alkyl halides is 1. The van der Waals surface area contributed by atoms with Gasteiger partial charge in [-0.25, -0.2) is 18.7 Å². The Morgan fingerprint density at radius 3 is 2.22 bits per heavy atom. The van der Waals surface area contributed by atoms with Gasteiger partial charge in [0.2, 0.25) is 5.91 Å². The van der Waals surface area contributed by atoms with Crippen LogP contribution < -0.4 is 15.4 Å². The van der Waals surface area contributed by atoms with Crippen LogP contribution >= 0.6 is 23.2 Å². The summed E-state index contributed by atoms with van der Waals surface area (Å²) in [5, 5.41) is 24.7. The van der Waals surface area contributed by atoms with E-state index in [0.717, 1.165) is 6.07 Å². The third-order valence-electron chi connectivity index (χ3n) is 6.17. The number of anilines is 3. The Kier molecular flexibility index (Phi) is 16.9. The van der Waals surface area contributed by atoms with Crippen molar-refractivity contribution >= 4 is 57.2 Å². The first kappa shape index (κ1) is 37.2. The lowest BCUT2D eigenvalue weighted by molar-refractivity contribution is -0.111. The maximum atomic E-state index is 14.6. The number of ether oxygens (including phenoxy) is 4. The van der Waals surface area contributed by atoms with E-state index in [2.05, 4.69) is 20.6 Å². The first-order valence-corrected chi connectivity index (χ1v) is 15.2. The fourth-order valence-corrected chi connectivity index (χ4v) is 4.33. The second-order valence-electron chi connectivity index (χ2n) is 9.47. The minimum Gasteiger partial charge on any atom is -0.489 e. The van der Waals surface area contributed by atoms with E-state index in [9.17, 15) is 23.8 Å². The Labute approximate surface area is 275 Å². The maximum Gasteiger partial charge on any atom is 0.248 e. The number of aliphatic hydroxyl groups is 2. The number of nitrogens with zero attached hydrogens (tertiary/aromatic N) is 3. The first-order chi connectivity index (χ1) is 22.4. The zero-order valence-electron chi connectivity index (χ0n) is 25.0. The molecule has 0 aliphatic heterocycles. The number of amides is 1. The molecule has 16 heteroatoms. The Morgan fingerprint density at radius 2 is 1.54 bits per heavy atom. The summed E-state index contributed by atoms with van der Waals surface area (Å²) in [6.45, 7) is 1.93. The highest BCUT2D eigenvalue weighted by Gasteiger charge is 2.15. The van der Waals surface area contributed by atoms with Crippen molar-refractivity contribution in [2.24, 2.45) is 0 Å². The molecule has 0 atom stereocenters. The molecule has 3 aromatic rings. The highest BCUT2D eigenvalue weighted by Crippen LogP contribution is 2.35. The molecule has 0 radical (unpaired) electrons. The lowest BCUT2D eigenvalue weighted by atomic mass is 10.1. The monoisotopic (exact) mass is 687 g/mol. The fourth-order valence-electron chi connectivity index (χ4n) is 4.01. The molecule has 1 aromatic heterocycles. The number of hydrogen-bond donors (Lipinski definition) is 4. The van der Waals surface area contributed by atoms with Crippen LogP contribution in [0, 0.1) is 5.82 Å². The van der Waals surface area contributed by atoms with Gasteiger partial charge in [-0.2, -0.15) is 0 Å². The second kappa shape index (κ2) is 20.8. The number of aromatic nitrogens is 2. The topological polar surface area (TPSA) is 148 Å². The second-order valence-corrected chi connectivity index (χ2v) is 10.3. The zero-order chi connectivity index (χ0) is 33.1. The van der Waals surface area contributed by atoms with E-state index in [1.54, 1.807) is 23.1 Å². The van der Waals surface area contributed by atoms with Gasteiger partial charge in [-0.15, -0.1) is 0 Å². The van der Waals surface area contributed by atoms with Gasteiger partial charge >= 0.3 is 0 Å². The Hall–Kier alpha value is -3.21. The summed E-state index contributed by atoms with van der Waals surface area (Å²) in [7, 11) is 0. The number of carbonyl (C=O) groups is 1. The Morgan fingerprint density at radius 1 is 0.891 bits per heavy atom. The molecule has 1 amide bonds. The van der Waals surface area contributed by atoms with Crippen molar-refractivity contribution in [2.45, 2.75) is 0 Å². The van der Waals surface area contributed by atoms with Gasteiger partial charge in [-0.3, -0.25) is 9.69 Å². The lowest BCUT2D eigenvalue weighted by Gasteiger charge is -2.17. The van der Waals surface area contributed by atoms with Crippen LogP contribution in [0.5, 0.6) is 5.75 Å². The number of fused-ring (bicyclic) bond motifs is 1. The molecule has 0 saturated carbocycles. The molecule has 0 fully saturated rings. The SMILES string of the molecule is O=C(/C=C/CN(CCO)CCO)Nc1cc2c(Nc3cc(Cl)c(Cl)cc3F)ncnc2cc1OCCOCCOCCOCCF. The van der Waals surface area contributed by atoms with E-state index in [-0.39, 0.29) is 60.3 Å². The average molecular weight is 689 g/mol. The van der Waals surface area contributed by atoms with E-state index in [1.165, 1.54) is 18.5 Å². The molecule has 0 spiro atoms. The molecule has 2 aromatic carbocycles. The van der Waals surface area contributed by atoms with E-state index in [1.807, 2.05) is 0 Å². The highest BCUT2D eigenvalue weighted by atomic mass is 35.5. The summed E-state index contributed by atoms with van der Waals surface area (Å²) in [5.41, 5.74) is 0.759. The molecule has 4 N–H and O–H groups in total. The predicted octanol–water partition coefficient (Wildman–Crippen LogP) is 4.00. The Bertz CT molecular complexity index is 1420. The molecule has 252 valence electrons. The summed E-state index contributed by atoms with van der Waals surface area (Å²) >= 11 is 12.0. The van der Waals surface area contributed by atoms with Crippen molar-refractivity contribution in [3.63, 3.8) is 0 Å². The summed E-state index contributed by atoms with van der Waals surface area (Å²) < 4.78 is 48.5. The summed E-state index contributed by atoms with van der Waals surface area (Å²) in [6, 6.07) is 5.62. The number of benzene rings is 2. The molecular weight excluding hydrogens is 651 g/mol. The number of aliphatic hydroxyl groups excluding tert-OH is 2. The number of carbonyl (C=O) groups excluding carboxylic acids is 1. The van der Waals surface area contributed by atoms with Crippen LogP contribution in [0.15, 0.2) is 42.7 Å². The molecule has 0 aliphatic carbocycles. The van der Waals surface area contributed by atoms with Gasteiger partial charge in [-0.05, 0) is 18.2 Å². The van der Waals surface area contributed by atoms with E-state index < -0.39 is 18.4 Å². The van der Waals surface area contributed by atoms with Crippen molar-refractivity contribution in [1.29, 1.82) is 0 Å². The van der Waals surface area contributed by atoms with Crippen LogP contribution in [-0.4, -0.2) is 117 Å². The van der Waals surface area contributed by atoms with Crippen LogP contribution in [0.25, 0.3) is 10.9 Å². The van der Waals surface area contributed by atoms with Crippen LogP contribution in [0.2, 0.25) is 10.0 Å². The van der Waals surface area contributed by atoms with Crippen LogP contribution in [-0.2, 0) is 19.0 Å². The molecule has 46 heavy (non-hydrogen) atoms. The Balaban J connectivity index is 1.74. The third-order valence-corrected chi connectivity index (χ3v) is 6.90. The van der Waals surface area contributed by atoms with Gasteiger partial charge < -0.3 is 39.8 Å². The maximum absolute atomic E-state index is 14.6. The smallest absolute Gasteiger partial charge is 0.248 e. The zero-order valence-corrected chi connectivity index (χ0v) is 26.5. The van der Waals surface area contributed by atoms with Crippen molar-refractivity contribution in [3.8, 4) is 5.75 Å². The molecule has 1 heterocycles. The van der Waals surface area contributed by atoms with E-state index in [0.29, 0.717) is 62.7 Å². The fraction of sp³-hybridized carbons (Fsp3) is 0.433. The lowest BCUT2D eigenvalue weighted by Crippen LogP contribution is -2.30. The van der Waals surface area contributed by atoms with E-state index >= 15 is 0 Å². The molecule has 0 bridgehead atoms. The highest BCUT2D eigenvalue weighted by molar-refractivity contribution is 6.42. The van der Waals surface area contributed by atoms with Crippen LogP contribution in [0.3, 0.4) is 0 Å². The normalized spacial score (nSPS) is 11.5. The molecule has 0 aliphatic rings. The molecule has 0 saturated heterocycles. The quantitative estimate of drug-likeness (QED) is 0.0690. The largest absolute Gasteiger partial charge is 0.489 e. The number of rotatable bonds is 22. The molecule has 12 nitrogen and oxygen atoms in total. The van der Waals surface area contributed by atoms with Gasteiger partial charge in [0.1, 0.15) is 37.0 Å². The molecule has 0 unspecified atom stereocenters. The standard InChI is InChI=1S/C30H37Cl2F2N5O7/c31-22-17-24(34)26(18-23(22)32)38-30-21-16-27(37-29(42)2-1-4-39(5-7-40)6-8-41)28(19-25(21)35-20-36-30)46-15-14-45-13-12-44-11-10-43-9-3-33/h1-2,16-20,40-41H,3-15H2,(H,37,42)(H,35,36,38)/b2-1+. The van der Waals surface area contributed by atoms with Gasteiger partial charge in [0.05, 0.1) is 79.8 Å². The van der Waals surface area contributed by atoms with Gasteiger partial charge in [0.15, 0.2) is 0 Å². The summed E-state index contributed by atoms with van der Waals surface area (Å²) in [5.74, 6) is -0.580. The number of halogens is 4. The minimum atomic E-state index is -0.647. The van der Waals surface area contributed by atoms with Gasteiger partial charge in [-0.1, -0.05) is 29.3 Å². The van der Waals surface area contributed by atoms with Crippen molar-refractivity contribution in [1.82, 2.24) is 14.9 Å². The molecular formula is C30H37Cl2F2N5O7. The number of nitrogens with one attached hydrogen (secondary N) is 2. The minimum absolute atomic E-state index is 0.0342. The summed E-state index contributed by atoms with van der Waals surface area (Å²) in [6.07, 6.45) is 4.23. The van der Waals surface area contributed by atoms with Crippen molar-refractivity contribution in [3.05, 3.63) is 58.6 Å². The molecule has 3 rings (SSSR count). The van der Waals surface area contributed by atoms with Crippen molar-refractivity contribution < 1.29 is 42.7 Å². The average Bonchev–Trinajstić information content (AvgIpc) is 3.03. The first-order valence-electron chi connectivity index (χ1n) is 14.4. The van der Waals surface area contributed by atoms with Crippen LogP contribution in [0.4, 0.5) is 26.0 Å². The van der Waals surface area contributed by atoms with Crippen LogP contribution in [0.1, 0.15) is 0 Å². The van der Waals surface area contributed by atoms with Gasteiger partial charge in [0, 0.05) is 37.2 Å².